The van der Waals surface area contributed by atoms with E-state index < -0.39 is 0 Å². The number of methoxy groups -OCH3 is 1. The predicted molar refractivity (Wildman–Crippen MR) is 98.2 cm³/mol. The number of likely N-dealkylation sites (tertiary alicyclic amines) is 1. The summed E-state index contributed by atoms with van der Waals surface area (Å²) in [6, 6.07) is 10.3. The molecule has 1 atom stereocenters. The maximum atomic E-state index is 12.4. The predicted octanol–water partition coefficient (Wildman–Crippen LogP) is 2.40. The molecule has 138 valence electrons. The fourth-order valence-electron chi connectivity index (χ4n) is 2.98. The van der Waals surface area contributed by atoms with Gasteiger partial charge in [0, 0.05) is 33.2 Å². The number of amides is 2. The van der Waals surface area contributed by atoms with Gasteiger partial charge in [0.25, 0.3) is 0 Å². The molecule has 0 aromatic heterocycles. The number of hydrogen-bond acceptors (Lipinski definition) is 3. The minimum atomic E-state index is -0.379. The Hall–Kier alpha value is -1.88. The van der Waals surface area contributed by atoms with E-state index in [1.54, 1.807) is 7.11 Å². The molecule has 1 heterocycles. The first kappa shape index (κ1) is 19.4. The van der Waals surface area contributed by atoms with Crippen LogP contribution in [-0.2, 0) is 20.7 Å². The maximum absolute atomic E-state index is 12.4. The van der Waals surface area contributed by atoms with Gasteiger partial charge < -0.3 is 15.0 Å². The Kier molecular flexibility index (Phi) is 7.00. The van der Waals surface area contributed by atoms with Crippen molar-refractivity contribution in [1.29, 1.82) is 0 Å². The van der Waals surface area contributed by atoms with Gasteiger partial charge in [0.1, 0.15) is 0 Å². The number of carbonyl (C=O) groups is 2. The largest absolute Gasteiger partial charge is 0.377 e. The number of rotatable bonds is 8. The summed E-state index contributed by atoms with van der Waals surface area (Å²) >= 11 is 0. The topological polar surface area (TPSA) is 58.6 Å². The second kappa shape index (κ2) is 8.99. The van der Waals surface area contributed by atoms with E-state index in [0.29, 0.717) is 32.5 Å². The lowest BCUT2D eigenvalue weighted by Gasteiger charge is -2.33. The molecular formula is C20H30N2O3. The fourth-order valence-corrected chi connectivity index (χ4v) is 2.98. The van der Waals surface area contributed by atoms with Crippen LogP contribution < -0.4 is 5.32 Å². The molecule has 0 bridgehead atoms. The lowest BCUT2D eigenvalue weighted by molar-refractivity contribution is -0.138. The van der Waals surface area contributed by atoms with E-state index in [1.807, 2.05) is 36.9 Å². The molecule has 0 radical (unpaired) electrons. The Labute approximate surface area is 150 Å². The van der Waals surface area contributed by atoms with Crippen molar-refractivity contribution in [2.24, 2.45) is 5.92 Å². The summed E-state index contributed by atoms with van der Waals surface area (Å²) in [6.07, 6.45) is 2.95. The van der Waals surface area contributed by atoms with Gasteiger partial charge in [-0.15, -0.1) is 0 Å². The van der Waals surface area contributed by atoms with Gasteiger partial charge in [0.15, 0.2) is 0 Å². The number of nitrogens with zero attached hydrogens (tertiary/aromatic N) is 1. The van der Waals surface area contributed by atoms with E-state index in [9.17, 15) is 9.59 Å². The third-order valence-electron chi connectivity index (χ3n) is 4.85. The average molecular weight is 346 g/mol. The van der Waals surface area contributed by atoms with Gasteiger partial charge in [0.2, 0.25) is 11.8 Å². The number of piperidine rings is 1. The van der Waals surface area contributed by atoms with Crippen molar-refractivity contribution in [1.82, 2.24) is 10.2 Å². The van der Waals surface area contributed by atoms with Gasteiger partial charge in [-0.25, -0.2) is 0 Å². The zero-order valence-electron chi connectivity index (χ0n) is 15.6. The minimum Gasteiger partial charge on any atom is -0.377 e. The molecule has 1 aromatic carbocycles. The Morgan fingerprint density at radius 3 is 2.72 bits per heavy atom. The molecule has 1 aliphatic rings. The number of nitrogens with one attached hydrogen (secondary N) is 1. The number of benzene rings is 1. The standard InChI is InChI=1S/C20H30N2O3/c1-20(2,25-3)15-21-19(24)17-11-12-18(23)22(14-17)13-7-10-16-8-5-4-6-9-16/h4-6,8-9,17H,7,10-15H2,1-3H3,(H,21,24). The summed E-state index contributed by atoms with van der Waals surface area (Å²) < 4.78 is 5.33. The molecule has 0 saturated carbocycles. The molecule has 25 heavy (non-hydrogen) atoms. The SMILES string of the molecule is COC(C)(C)CNC(=O)C1CCC(=O)N(CCCc2ccccc2)C1. The third kappa shape index (κ3) is 6.16. The molecule has 0 spiro atoms. The van der Waals surface area contributed by atoms with Crippen molar-refractivity contribution in [3.05, 3.63) is 35.9 Å². The smallest absolute Gasteiger partial charge is 0.225 e. The van der Waals surface area contributed by atoms with E-state index in [0.717, 1.165) is 12.8 Å². The van der Waals surface area contributed by atoms with Crippen LogP contribution in [0.1, 0.15) is 38.7 Å². The Balaban J connectivity index is 1.79. The molecular weight excluding hydrogens is 316 g/mol. The first-order valence-corrected chi connectivity index (χ1v) is 9.06. The fraction of sp³-hybridized carbons (Fsp3) is 0.600. The molecule has 2 rings (SSSR count). The van der Waals surface area contributed by atoms with Crippen LogP contribution in [0.25, 0.3) is 0 Å². The molecule has 1 N–H and O–H groups in total. The van der Waals surface area contributed by atoms with Gasteiger partial charge in [-0.1, -0.05) is 30.3 Å². The number of ether oxygens (including phenoxy) is 1. The third-order valence-corrected chi connectivity index (χ3v) is 4.85. The second-order valence-electron chi connectivity index (χ2n) is 7.35. The van der Waals surface area contributed by atoms with Crippen LogP contribution >= 0.6 is 0 Å². The molecule has 1 aromatic rings. The Bertz CT molecular complexity index is 572. The molecule has 5 nitrogen and oxygen atoms in total. The normalized spacial score (nSPS) is 18.3. The molecule has 1 unspecified atom stereocenters. The van der Waals surface area contributed by atoms with Gasteiger partial charge in [-0.3, -0.25) is 9.59 Å². The summed E-state index contributed by atoms with van der Waals surface area (Å²) in [5.41, 5.74) is 0.901. The average Bonchev–Trinajstić information content (AvgIpc) is 2.62. The molecule has 1 saturated heterocycles. The summed E-state index contributed by atoms with van der Waals surface area (Å²) in [6.45, 7) is 5.58. The van der Waals surface area contributed by atoms with Crippen molar-refractivity contribution in [2.45, 2.75) is 45.1 Å². The van der Waals surface area contributed by atoms with E-state index in [-0.39, 0.29) is 23.3 Å². The van der Waals surface area contributed by atoms with E-state index in [1.165, 1.54) is 5.56 Å². The Morgan fingerprint density at radius 2 is 2.04 bits per heavy atom. The lowest BCUT2D eigenvalue weighted by atomic mass is 9.95. The second-order valence-corrected chi connectivity index (χ2v) is 7.35. The van der Waals surface area contributed by atoms with Crippen molar-refractivity contribution >= 4 is 11.8 Å². The van der Waals surface area contributed by atoms with Crippen LogP contribution in [-0.4, -0.2) is 49.1 Å². The highest BCUT2D eigenvalue weighted by molar-refractivity contribution is 5.83. The monoisotopic (exact) mass is 346 g/mol. The quantitative estimate of drug-likeness (QED) is 0.786. The molecule has 5 heteroatoms. The highest BCUT2D eigenvalue weighted by Gasteiger charge is 2.30. The molecule has 1 fully saturated rings. The minimum absolute atomic E-state index is 0.0192. The number of aryl methyl sites for hydroxylation is 1. The molecule has 0 aliphatic carbocycles. The summed E-state index contributed by atoms with van der Waals surface area (Å²) in [4.78, 5) is 26.4. The lowest BCUT2D eigenvalue weighted by Crippen LogP contribution is -2.48. The van der Waals surface area contributed by atoms with Crippen LogP contribution in [0.2, 0.25) is 0 Å². The first-order chi connectivity index (χ1) is 11.9. The first-order valence-electron chi connectivity index (χ1n) is 9.06. The van der Waals surface area contributed by atoms with Gasteiger partial charge in [-0.2, -0.15) is 0 Å². The zero-order chi connectivity index (χ0) is 18.3. The summed E-state index contributed by atoms with van der Waals surface area (Å²) in [5, 5.41) is 2.96. The molecule has 2 amide bonds. The van der Waals surface area contributed by atoms with E-state index >= 15 is 0 Å². The highest BCUT2D eigenvalue weighted by atomic mass is 16.5. The van der Waals surface area contributed by atoms with Crippen molar-refractivity contribution < 1.29 is 14.3 Å². The zero-order valence-corrected chi connectivity index (χ0v) is 15.6. The van der Waals surface area contributed by atoms with Crippen molar-refractivity contribution in [2.75, 3.05) is 26.7 Å². The van der Waals surface area contributed by atoms with Crippen LogP contribution in [0, 0.1) is 5.92 Å². The summed E-state index contributed by atoms with van der Waals surface area (Å²) in [5.74, 6) is 0.0575. The maximum Gasteiger partial charge on any atom is 0.225 e. The van der Waals surface area contributed by atoms with Crippen LogP contribution in [0.5, 0.6) is 0 Å². The van der Waals surface area contributed by atoms with Crippen LogP contribution in [0.4, 0.5) is 0 Å². The summed E-state index contributed by atoms with van der Waals surface area (Å²) in [7, 11) is 1.64. The van der Waals surface area contributed by atoms with Crippen molar-refractivity contribution in [3.63, 3.8) is 0 Å². The van der Waals surface area contributed by atoms with E-state index in [4.69, 9.17) is 4.74 Å². The van der Waals surface area contributed by atoms with Gasteiger partial charge >= 0.3 is 0 Å². The van der Waals surface area contributed by atoms with Gasteiger partial charge in [-0.05, 0) is 38.7 Å². The number of carbonyl (C=O) groups excluding carboxylic acids is 2. The Morgan fingerprint density at radius 1 is 1.32 bits per heavy atom. The van der Waals surface area contributed by atoms with E-state index in [2.05, 4.69) is 17.4 Å². The van der Waals surface area contributed by atoms with Crippen molar-refractivity contribution in [3.8, 4) is 0 Å². The van der Waals surface area contributed by atoms with Crippen LogP contribution in [0.3, 0.4) is 0 Å². The van der Waals surface area contributed by atoms with Gasteiger partial charge in [0.05, 0.1) is 11.5 Å². The number of hydrogen-bond donors (Lipinski definition) is 1. The molecule has 1 aliphatic heterocycles. The highest BCUT2D eigenvalue weighted by Crippen LogP contribution is 2.19. The van der Waals surface area contributed by atoms with Crippen LogP contribution in [0.15, 0.2) is 30.3 Å².